The Morgan fingerprint density at radius 1 is 1.65 bits per heavy atom. The second kappa shape index (κ2) is 4.36. The van der Waals surface area contributed by atoms with Crippen molar-refractivity contribution in [3.63, 3.8) is 0 Å². The van der Waals surface area contributed by atoms with E-state index in [0.717, 1.165) is 0 Å². The summed E-state index contributed by atoms with van der Waals surface area (Å²) in [7, 11) is -2.00. The molecule has 1 heterocycles. The fourth-order valence-corrected chi connectivity index (χ4v) is 2.68. The second-order valence-electron chi connectivity index (χ2n) is 3.85. The minimum atomic E-state index is -3.28. The number of aromatic nitrogens is 2. The van der Waals surface area contributed by atoms with Crippen molar-refractivity contribution in [1.29, 1.82) is 0 Å². The van der Waals surface area contributed by atoms with Crippen molar-refractivity contribution in [2.75, 3.05) is 11.8 Å². The predicted molar refractivity (Wildman–Crippen MR) is 59.8 cm³/mol. The second-order valence-corrected chi connectivity index (χ2v) is 5.81. The van der Waals surface area contributed by atoms with Gasteiger partial charge in [-0.3, -0.25) is 14.2 Å². The Labute approximate surface area is 98.8 Å². The van der Waals surface area contributed by atoms with E-state index in [1.165, 1.54) is 24.2 Å². The molecule has 0 bridgehead atoms. The number of anilines is 1. The topological polar surface area (TPSA) is 90.3 Å². The molecule has 8 heteroatoms. The van der Waals surface area contributed by atoms with Crippen LogP contribution in [0.1, 0.15) is 12.8 Å². The number of esters is 1. The van der Waals surface area contributed by atoms with E-state index in [1.807, 2.05) is 0 Å². The highest BCUT2D eigenvalue weighted by Crippen LogP contribution is 2.29. The Kier molecular flexibility index (Phi) is 3.05. The van der Waals surface area contributed by atoms with Gasteiger partial charge in [-0.05, 0) is 12.8 Å². The van der Waals surface area contributed by atoms with Gasteiger partial charge in [-0.25, -0.2) is 8.42 Å². The van der Waals surface area contributed by atoms with Crippen LogP contribution in [-0.2, 0) is 26.1 Å². The molecule has 17 heavy (non-hydrogen) atoms. The molecule has 0 unspecified atom stereocenters. The quantitative estimate of drug-likeness (QED) is 0.749. The van der Waals surface area contributed by atoms with Crippen molar-refractivity contribution in [2.24, 2.45) is 0 Å². The molecular weight excluding hydrogens is 246 g/mol. The molecule has 0 radical (unpaired) electrons. The number of nitrogens with zero attached hydrogens (tertiary/aromatic N) is 2. The molecule has 7 nitrogen and oxygen atoms in total. The molecule has 1 N–H and O–H groups in total. The summed E-state index contributed by atoms with van der Waals surface area (Å²) in [6.45, 7) is -0.0400. The first-order valence-corrected chi connectivity index (χ1v) is 6.67. The number of carbonyl (C=O) groups excluding carboxylic acids is 1. The average Bonchev–Trinajstić information content (AvgIpc) is 3.04. The van der Waals surface area contributed by atoms with Gasteiger partial charge in [0.05, 0.1) is 24.2 Å². The van der Waals surface area contributed by atoms with Crippen LogP contribution in [0.5, 0.6) is 0 Å². The van der Waals surface area contributed by atoms with Gasteiger partial charge in [-0.2, -0.15) is 5.10 Å². The predicted octanol–water partition coefficient (Wildman–Crippen LogP) is -0.0398. The number of rotatable bonds is 5. The lowest BCUT2D eigenvalue weighted by Gasteiger charge is -2.02. The highest BCUT2D eigenvalue weighted by molar-refractivity contribution is 7.93. The fraction of sp³-hybridized carbons (Fsp3) is 0.556. The van der Waals surface area contributed by atoms with Gasteiger partial charge >= 0.3 is 5.97 Å². The molecule has 0 amide bonds. The summed E-state index contributed by atoms with van der Waals surface area (Å²) in [5.41, 5.74) is 0.362. The number of ether oxygens (including phenoxy) is 1. The van der Waals surface area contributed by atoms with Gasteiger partial charge in [-0.1, -0.05) is 0 Å². The van der Waals surface area contributed by atoms with Crippen LogP contribution in [0, 0.1) is 0 Å². The van der Waals surface area contributed by atoms with Crippen LogP contribution in [0.4, 0.5) is 5.69 Å². The van der Waals surface area contributed by atoms with Gasteiger partial charge < -0.3 is 4.74 Å². The van der Waals surface area contributed by atoms with E-state index in [0.29, 0.717) is 18.5 Å². The zero-order valence-corrected chi connectivity index (χ0v) is 10.1. The summed E-state index contributed by atoms with van der Waals surface area (Å²) < 4.78 is 31.4. The number of methoxy groups -OCH3 is 1. The Hall–Kier alpha value is -1.57. The maximum absolute atomic E-state index is 11.6. The van der Waals surface area contributed by atoms with Gasteiger partial charge in [0.1, 0.15) is 6.54 Å². The molecule has 0 spiro atoms. The van der Waals surface area contributed by atoms with Gasteiger partial charge in [-0.15, -0.1) is 0 Å². The molecule has 0 aliphatic heterocycles. The Morgan fingerprint density at radius 2 is 2.35 bits per heavy atom. The molecule has 1 saturated carbocycles. The van der Waals surface area contributed by atoms with E-state index in [9.17, 15) is 13.2 Å². The molecule has 1 aliphatic carbocycles. The fourth-order valence-electron chi connectivity index (χ4n) is 1.33. The zero-order chi connectivity index (χ0) is 12.5. The lowest BCUT2D eigenvalue weighted by atomic mass is 10.6. The molecular formula is C9H13N3O4S. The lowest BCUT2D eigenvalue weighted by molar-refractivity contribution is -0.141. The normalized spacial score (nSPS) is 15.6. The molecule has 94 valence electrons. The third-order valence-electron chi connectivity index (χ3n) is 2.38. The van der Waals surface area contributed by atoms with Crippen LogP contribution < -0.4 is 4.72 Å². The smallest absolute Gasteiger partial charge is 0.327 e. The molecule has 0 aromatic carbocycles. The first-order valence-electron chi connectivity index (χ1n) is 5.12. The monoisotopic (exact) mass is 259 g/mol. The number of carbonyl (C=O) groups is 1. The maximum atomic E-state index is 11.6. The average molecular weight is 259 g/mol. The Morgan fingerprint density at radius 3 is 2.94 bits per heavy atom. The van der Waals surface area contributed by atoms with Crippen LogP contribution in [0.2, 0.25) is 0 Å². The summed E-state index contributed by atoms with van der Waals surface area (Å²) in [5, 5.41) is 3.57. The number of hydrogen-bond acceptors (Lipinski definition) is 5. The molecule has 1 aromatic rings. The van der Waals surface area contributed by atoms with Gasteiger partial charge in [0.25, 0.3) is 0 Å². The number of nitrogens with one attached hydrogen (secondary N) is 1. The molecule has 1 fully saturated rings. The number of sulfonamides is 1. The summed E-state index contributed by atoms with van der Waals surface area (Å²) in [6, 6.07) is 0. The van der Waals surface area contributed by atoms with Crippen LogP contribution in [0.25, 0.3) is 0 Å². The summed E-state index contributed by atoms with van der Waals surface area (Å²) in [5.74, 6) is -0.440. The molecule has 2 rings (SSSR count). The first-order chi connectivity index (χ1) is 8.01. The lowest BCUT2D eigenvalue weighted by Crippen LogP contribution is -2.17. The Bertz CT molecular complexity index is 518. The zero-order valence-electron chi connectivity index (χ0n) is 9.29. The molecule has 0 saturated heterocycles. The Balaban J connectivity index is 2.01. The van der Waals surface area contributed by atoms with Gasteiger partial charge in [0.2, 0.25) is 10.0 Å². The third-order valence-corrected chi connectivity index (χ3v) is 4.24. The highest BCUT2D eigenvalue weighted by Gasteiger charge is 2.35. The van der Waals surface area contributed by atoms with Crippen LogP contribution >= 0.6 is 0 Å². The minimum Gasteiger partial charge on any atom is -0.468 e. The molecule has 1 aliphatic rings. The third kappa shape index (κ3) is 2.96. The summed E-state index contributed by atoms with van der Waals surface area (Å²) >= 11 is 0. The first kappa shape index (κ1) is 11.9. The largest absolute Gasteiger partial charge is 0.468 e. The summed E-state index contributed by atoms with van der Waals surface area (Å²) in [4.78, 5) is 11.0. The van der Waals surface area contributed by atoms with Crippen molar-refractivity contribution in [1.82, 2.24) is 9.78 Å². The van der Waals surface area contributed by atoms with E-state index in [2.05, 4.69) is 14.6 Å². The molecule has 1 aromatic heterocycles. The van der Waals surface area contributed by atoms with E-state index >= 15 is 0 Å². The van der Waals surface area contributed by atoms with Crippen molar-refractivity contribution >= 4 is 21.7 Å². The standard InChI is InChI=1S/C9H13N3O4S/c1-16-9(13)6-12-5-7(4-10-12)11-17(14,15)8-2-3-8/h4-5,8,11H,2-3,6H2,1H3. The van der Waals surface area contributed by atoms with E-state index < -0.39 is 16.0 Å². The van der Waals surface area contributed by atoms with Gasteiger partial charge in [0, 0.05) is 6.20 Å². The SMILES string of the molecule is COC(=O)Cn1cc(NS(=O)(=O)C2CC2)cn1. The van der Waals surface area contributed by atoms with Crippen molar-refractivity contribution in [3.8, 4) is 0 Å². The van der Waals surface area contributed by atoms with Crippen LogP contribution in [0.15, 0.2) is 12.4 Å². The molecule has 0 atom stereocenters. The van der Waals surface area contributed by atoms with Crippen molar-refractivity contribution < 1.29 is 17.9 Å². The minimum absolute atomic E-state index is 0.0400. The van der Waals surface area contributed by atoms with Gasteiger partial charge in [0.15, 0.2) is 0 Å². The van der Waals surface area contributed by atoms with Crippen LogP contribution in [-0.4, -0.2) is 36.5 Å². The van der Waals surface area contributed by atoms with E-state index in [-0.39, 0.29) is 11.8 Å². The van der Waals surface area contributed by atoms with E-state index in [4.69, 9.17) is 0 Å². The van der Waals surface area contributed by atoms with Crippen LogP contribution in [0.3, 0.4) is 0 Å². The van der Waals surface area contributed by atoms with E-state index in [1.54, 1.807) is 0 Å². The number of hydrogen-bond donors (Lipinski definition) is 1. The highest BCUT2D eigenvalue weighted by atomic mass is 32.2. The van der Waals surface area contributed by atoms with Crippen molar-refractivity contribution in [3.05, 3.63) is 12.4 Å². The van der Waals surface area contributed by atoms with Crippen molar-refractivity contribution in [2.45, 2.75) is 24.6 Å². The maximum Gasteiger partial charge on any atom is 0.327 e. The summed E-state index contributed by atoms with van der Waals surface area (Å²) in [6.07, 6.45) is 4.22.